The van der Waals surface area contributed by atoms with Gasteiger partial charge in [-0.05, 0) is 49.4 Å². The van der Waals surface area contributed by atoms with Crippen LogP contribution in [0.1, 0.15) is 58.4 Å². The number of hydrogen-bond acceptors (Lipinski definition) is 2. The molecule has 0 heterocycles. The van der Waals surface area contributed by atoms with Gasteiger partial charge in [0.1, 0.15) is 5.75 Å². The lowest BCUT2D eigenvalue weighted by molar-refractivity contribution is 0.304. The first-order valence-electron chi connectivity index (χ1n) is 7.55. The Bertz CT molecular complexity index is 347. The van der Waals surface area contributed by atoms with Gasteiger partial charge in [0, 0.05) is 6.04 Å². The van der Waals surface area contributed by atoms with Crippen LogP contribution in [0.5, 0.6) is 5.75 Å². The summed E-state index contributed by atoms with van der Waals surface area (Å²) >= 11 is 0. The summed E-state index contributed by atoms with van der Waals surface area (Å²) in [6.07, 6.45) is 3.59. The smallest absolute Gasteiger partial charge is 0.119 e. The molecule has 0 saturated carbocycles. The molecule has 19 heavy (non-hydrogen) atoms. The molecule has 2 nitrogen and oxygen atoms in total. The molecule has 0 amide bonds. The van der Waals surface area contributed by atoms with Gasteiger partial charge in [-0.1, -0.05) is 39.8 Å². The molecule has 108 valence electrons. The highest BCUT2D eigenvalue weighted by Gasteiger charge is 2.00. The molecular formula is C17H29NO. The fourth-order valence-corrected chi connectivity index (χ4v) is 1.95. The van der Waals surface area contributed by atoms with Crippen LogP contribution in [0.3, 0.4) is 0 Å². The van der Waals surface area contributed by atoms with Crippen molar-refractivity contribution < 1.29 is 4.74 Å². The van der Waals surface area contributed by atoms with Crippen LogP contribution < -0.4 is 10.1 Å². The molecule has 0 aliphatic heterocycles. The van der Waals surface area contributed by atoms with Gasteiger partial charge in [-0.3, -0.25) is 0 Å². The summed E-state index contributed by atoms with van der Waals surface area (Å²) in [6, 6.07) is 9.04. The van der Waals surface area contributed by atoms with Gasteiger partial charge in [-0.2, -0.15) is 0 Å². The minimum absolute atomic E-state index is 0.561. The quantitative estimate of drug-likeness (QED) is 0.668. The molecule has 0 unspecified atom stereocenters. The van der Waals surface area contributed by atoms with Crippen molar-refractivity contribution in [2.45, 2.75) is 58.9 Å². The number of benzene rings is 1. The van der Waals surface area contributed by atoms with E-state index in [1.54, 1.807) is 0 Å². The normalized spacial score (nSPS) is 11.3. The summed E-state index contributed by atoms with van der Waals surface area (Å²) in [5.41, 5.74) is 1.35. The second-order valence-corrected chi connectivity index (χ2v) is 5.75. The van der Waals surface area contributed by atoms with Crippen LogP contribution >= 0.6 is 0 Å². The third-order valence-electron chi connectivity index (χ3n) is 3.17. The number of nitrogens with one attached hydrogen (secondary N) is 1. The highest BCUT2D eigenvalue weighted by molar-refractivity contribution is 5.30. The Kier molecular flexibility index (Phi) is 7.57. The number of ether oxygens (including phenoxy) is 1. The Morgan fingerprint density at radius 3 is 2.53 bits per heavy atom. The van der Waals surface area contributed by atoms with Gasteiger partial charge >= 0.3 is 0 Å². The van der Waals surface area contributed by atoms with Crippen LogP contribution in [0, 0.1) is 0 Å². The molecule has 0 aliphatic carbocycles. The van der Waals surface area contributed by atoms with Crippen molar-refractivity contribution in [3.63, 3.8) is 0 Å². The van der Waals surface area contributed by atoms with Crippen molar-refractivity contribution >= 4 is 0 Å². The largest absolute Gasteiger partial charge is 0.494 e. The zero-order valence-electron chi connectivity index (χ0n) is 12.9. The summed E-state index contributed by atoms with van der Waals surface area (Å²) in [5.74, 6) is 1.57. The van der Waals surface area contributed by atoms with E-state index in [1.807, 2.05) is 6.07 Å². The summed E-state index contributed by atoms with van der Waals surface area (Å²) in [4.78, 5) is 0. The Balaban J connectivity index is 2.14. The highest BCUT2D eigenvalue weighted by atomic mass is 16.5. The molecule has 0 aromatic heterocycles. The molecule has 0 aliphatic rings. The second kappa shape index (κ2) is 8.98. The molecule has 2 heteroatoms. The molecule has 0 radical (unpaired) electrons. The molecule has 1 aromatic rings. The fraction of sp³-hybridized carbons (Fsp3) is 0.647. The summed E-state index contributed by atoms with van der Waals surface area (Å²) in [7, 11) is 0. The van der Waals surface area contributed by atoms with E-state index in [0.29, 0.717) is 12.0 Å². The minimum Gasteiger partial charge on any atom is -0.494 e. The molecule has 1 N–H and O–H groups in total. The van der Waals surface area contributed by atoms with Crippen LogP contribution in [0.2, 0.25) is 0 Å². The Morgan fingerprint density at radius 2 is 1.84 bits per heavy atom. The average molecular weight is 263 g/mol. The van der Waals surface area contributed by atoms with Gasteiger partial charge in [-0.15, -0.1) is 0 Å². The van der Waals surface area contributed by atoms with Crippen molar-refractivity contribution in [2.24, 2.45) is 0 Å². The molecule has 0 spiro atoms. The Morgan fingerprint density at radius 1 is 1.05 bits per heavy atom. The monoisotopic (exact) mass is 263 g/mol. The van der Waals surface area contributed by atoms with E-state index in [2.05, 4.69) is 51.2 Å². The predicted molar refractivity (Wildman–Crippen MR) is 83.0 cm³/mol. The highest BCUT2D eigenvalue weighted by Crippen LogP contribution is 2.20. The van der Waals surface area contributed by atoms with Crippen molar-refractivity contribution in [3.8, 4) is 5.75 Å². The van der Waals surface area contributed by atoms with Crippen molar-refractivity contribution in [1.82, 2.24) is 5.32 Å². The van der Waals surface area contributed by atoms with Gasteiger partial charge in [0.05, 0.1) is 6.61 Å². The van der Waals surface area contributed by atoms with E-state index in [9.17, 15) is 0 Å². The lowest BCUT2D eigenvalue weighted by Crippen LogP contribution is -2.23. The molecule has 0 fully saturated rings. The zero-order valence-corrected chi connectivity index (χ0v) is 12.9. The fourth-order valence-electron chi connectivity index (χ4n) is 1.95. The number of rotatable bonds is 9. The number of unbranched alkanes of at least 4 members (excludes halogenated alkanes) is 2. The first kappa shape index (κ1) is 16.0. The van der Waals surface area contributed by atoms with Crippen LogP contribution in [0.4, 0.5) is 0 Å². The molecule has 0 atom stereocenters. The van der Waals surface area contributed by atoms with E-state index in [4.69, 9.17) is 4.74 Å². The third kappa shape index (κ3) is 7.22. The molecule has 0 saturated heterocycles. The third-order valence-corrected chi connectivity index (χ3v) is 3.17. The number of hydrogen-bond donors (Lipinski definition) is 1. The second-order valence-electron chi connectivity index (χ2n) is 5.75. The zero-order chi connectivity index (χ0) is 14.1. The standard InChI is InChI=1S/C17H29NO/c1-14(2)16-9-8-10-17(13-16)19-12-7-5-6-11-18-15(3)4/h8-10,13-15,18H,5-7,11-12H2,1-4H3. The van der Waals surface area contributed by atoms with Gasteiger partial charge in [0.2, 0.25) is 0 Å². The van der Waals surface area contributed by atoms with E-state index in [-0.39, 0.29) is 0 Å². The van der Waals surface area contributed by atoms with Gasteiger partial charge in [-0.25, -0.2) is 0 Å². The van der Waals surface area contributed by atoms with Crippen molar-refractivity contribution in [2.75, 3.05) is 13.2 Å². The SMILES string of the molecule is CC(C)NCCCCCOc1cccc(C(C)C)c1. The maximum absolute atomic E-state index is 5.80. The summed E-state index contributed by atoms with van der Waals surface area (Å²) in [5, 5.41) is 3.43. The molecule has 1 aromatic carbocycles. The van der Waals surface area contributed by atoms with Gasteiger partial charge in [0.25, 0.3) is 0 Å². The molecular weight excluding hydrogens is 234 g/mol. The van der Waals surface area contributed by atoms with Crippen molar-refractivity contribution in [1.29, 1.82) is 0 Å². The van der Waals surface area contributed by atoms with Crippen LogP contribution in [0.25, 0.3) is 0 Å². The topological polar surface area (TPSA) is 21.3 Å². The Labute approximate surface area is 118 Å². The van der Waals surface area contributed by atoms with E-state index >= 15 is 0 Å². The van der Waals surface area contributed by atoms with Crippen LogP contribution in [-0.4, -0.2) is 19.2 Å². The first-order valence-corrected chi connectivity index (χ1v) is 7.55. The average Bonchev–Trinajstić information content (AvgIpc) is 2.37. The van der Waals surface area contributed by atoms with Crippen LogP contribution in [-0.2, 0) is 0 Å². The first-order chi connectivity index (χ1) is 9.09. The van der Waals surface area contributed by atoms with Gasteiger partial charge in [0.15, 0.2) is 0 Å². The lowest BCUT2D eigenvalue weighted by atomic mass is 10.0. The van der Waals surface area contributed by atoms with E-state index < -0.39 is 0 Å². The van der Waals surface area contributed by atoms with E-state index in [0.717, 1.165) is 25.3 Å². The van der Waals surface area contributed by atoms with E-state index in [1.165, 1.54) is 18.4 Å². The minimum atomic E-state index is 0.561. The van der Waals surface area contributed by atoms with Crippen molar-refractivity contribution in [3.05, 3.63) is 29.8 Å². The van der Waals surface area contributed by atoms with Crippen LogP contribution in [0.15, 0.2) is 24.3 Å². The maximum Gasteiger partial charge on any atom is 0.119 e. The lowest BCUT2D eigenvalue weighted by Gasteiger charge is -2.10. The predicted octanol–water partition coefficient (Wildman–Crippen LogP) is 4.36. The molecule has 0 bridgehead atoms. The summed E-state index contributed by atoms with van der Waals surface area (Å²) in [6.45, 7) is 10.7. The molecule has 1 rings (SSSR count). The Hall–Kier alpha value is -1.02. The van der Waals surface area contributed by atoms with Gasteiger partial charge < -0.3 is 10.1 Å². The summed E-state index contributed by atoms with van der Waals surface area (Å²) < 4.78 is 5.80. The maximum atomic E-state index is 5.80.